The minimum absolute atomic E-state index is 0.0744. The predicted molar refractivity (Wildman–Crippen MR) is 68.0 cm³/mol. The van der Waals surface area contributed by atoms with Gasteiger partial charge in [-0.25, -0.2) is 0 Å². The smallest absolute Gasteiger partial charge is 0.306 e. The molecule has 0 unspecified atom stereocenters. The van der Waals surface area contributed by atoms with E-state index >= 15 is 0 Å². The van der Waals surface area contributed by atoms with Gasteiger partial charge in [0.2, 0.25) is 0 Å². The normalized spacial score (nSPS) is 33.1. The Balaban J connectivity index is 1.78. The van der Waals surface area contributed by atoms with E-state index in [1.54, 1.807) is 0 Å². The number of likely N-dealkylation sites (tertiary alicyclic amines) is 1. The largest absolute Gasteiger partial charge is 0.481 e. The molecular weight excluding hydrogens is 214 g/mol. The second-order valence-corrected chi connectivity index (χ2v) is 5.96. The molecule has 0 spiro atoms. The minimum Gasteiger partial charge on any atom is -0.481 e. The average molecular weight is 239 g/mol. The van der Waals surface area contributed by atoms with E-state index in [0.717, 1.165) is 25.7 Å². The lowest BCUT2D eigenvalue weighted by molar-refractivity contribution is -0.143. The summed E-state index contributed by atoms with van der Waals surface area (Å²) < 4.78 is 0. The third kappa shape index (κ3) is 2.49. The molecule has 0 amide bonds. The second-order valence-electron chi connectivity index (χ2n) is 5.96. The Bertz CT molecular complexity index is 270. The Morgan fingerprint density at radius 2 is 1.71 bits per heavy atom. The van der Waals surface area contributed by atoms with Gasteiger partial charge in [-0.2, -0.15) is 0 Å². The van der Waals surface area contributed by atoms with Crippen LogP contribution in [0.1, 0.15) is 52.4 Å². The van der Waals surface area contributed by atoms with Gasteiger partial charge in [-0.1, -0.05) is 13.8 Å². The van der Waals surface area contributed by atoms with Gasteiger partial charge in [0.1, 0.15) is 0 Å². The quantitative estimate of drug-likeness (QED) is 0.820. The first-order valence-electron chi connectivity index (χ1n) is 7.07. The highest BCUT2D eigenvalue weighted by molar-refractivity contribution is 5.70. The highest BCUT2D eigenvalue weighted by atomic mass is 16.4. The average Bonchev–Trinajstić information content (AvgIpc) is 2.29. The van der Waals surface area contributed by atoms with Crippen LogP contribution < -0.4 is 0 Å². The van der Waals surface area contributed by atoms with Crippen molar-refractivity contribution in [3.05, 3.63) is 0 Å². The molecule has 17 heavy (non-hydrogen) atoms. The lowest BCUT2D eigenvalue weighted by Gasteiger charge is -2.54. The first kappa shape index (κ1) is 12.9. The lowest BCUT2D eigenvalue weighted by atomic mass is 9.72. The summed E-state index contributed by atoms with van der Waals surface area (Å²) in [7, 11) is 0. The molecule has 1 aliphatic heterocycles. The molecule has 2 fully saturated rings. The number of hydrogen-bond donors (Lipinski definition) is 1. The molecule has 98 valence electrons. The van der Waals surface area contributed by atoms with Crippen molar-refractivity contribution in [3.8, 4) is 0 Å². The van der Waals surface area contributed by atoms with Crippen molar-refractivity contribution < 1.29 is 9.90 Å². The van der Waals surface area contributed by atoms with E-state index in [2.05, 4.69) is 18.7 Å². The maximum atomic E-state index is 10.9. The molecule has 2 rings (SSSR count). The lowest BCUT2D eigenvalue weighted by Crippen LogP contribution is -2.59. The van der Waals surface area contributed by atoms with Gasteiger partial charge in [0.25, 0.3) is 0 Å². The Labute approximate surface area is 104 Å². The molecule has 1 aliphatic carbocycles. The first-order valence-corrected chi connectivity index (χ1v) is 7.07. The summed E-state index contributed by atoms with van der Waals surface area (Å²) in [5.41, 5.74) is 0.573. The fraction of sp³-hybridized carbons (Fsp3) is 0.929. The SMILES string of the molecule is CCC1(CC)CN(C2CCC(C(=O)O)CC2)C1. The minimum atomic E-state index is -0.594. The van der Waals surface area contributed by atoms with E-state index in [9.17, 15) is 4.79 Å². The van der Waals surface area contributed by atoms with Crippen LogP contribution in [0, 0.1) is 11.3 Å². The topological polar surface area (TPSA) is 40.5 Å². The number of carbonyl (C=O) groups is 1. The molecule has 0 aromatic carbocycles. The monoisotopic (exact) mass is 239 g/mol. The third-order valence-corrected chi connectivity index (χ3v) is 5.14. The summed E-state index contributed by atoms with van der Waals surface area (Å²) in [6.45, 7) is 7.06. The third-order valence-electron chi connectivity index (χ3n) is 5.14. The van der Waals surface area contributed by atoms with Crippen molar-refractivity contribution in [1.82, 2.24) is 4.90 Å². The van der Waals surface area contributed by atoms with Gasteiger partial charge in [0, 0.05) is 19.1 Å². The Kier molecular flexibility index (Phi) is 3.76. The Morgan fingerprint density at radius 3 is 2.12 bits per heavy atom. The van der Waals surface area contributed by atoms with Gasteiger partial charge in [-0.05, 0) is 43.9 Å². The number of carboxylic acid groups (broad SMARTS) is 1. The summed E-state index contributed by atoms with van der Waals surface area (Å²) in [5, 5.41) is 8.98. The van der Waals surface area contributed by atoms with Crippen molar-refractivity contribution in [3.63, 3.8) is 0 Å². The van der Waals surface area contributed by atoms with Crippen molar-refractivity contribution >= 4 is 5.97 Å². The number of hydrogen-bond acceptors (Lipinski definition) is 2. The van der Waals surface area contributed by atoms with Crippen molar-refractivity contribution in [2.75, 3.05) is 13.1 Å². The predicted octanol–water partition coefficient (Wildman–Crippen LogP) is 2.75. The molecule has 3 nitrogen and oxygen atoms in total. The zero-order valence-electron chi connectivity index (χ0n) is 11.1. The summed E-state index contributed by atoms with van der Waals surface area (Å²) in [4.78, 5) is 13.5. The van der Waals surface area contributed by atoms with Crippen LogP contribution in [0.3, 0.4) is 0 Å². The van der Waals surface area contributed by atoms with Gasteiger partial charge in [-0.15, -0.1) is 0 Å². The van der Waals surface area contributed by atoms with Gasteiger partial charge in [0.05, 0.1) is 5.92 Å². The number of aliphatic carboxylic acids is 1. The summed E-state index contributed by atoms with van der Waals surface area (Å²) in [5.74, 6) is -0.668. The Morgan fingerprint density at radius 1 is 1.18 bits per heavy atom. The molecule has 0 aromatic rings. The van der Waals surface area contributed by atoms with Crippen LogP contribution in [0.4, 0.5) is 0 Å². The molecule has 0 atom stereocenters. The molecule has 1 saturated carbocycles. The van der Waals surface area contributed by atoms with E-state index < -0.39 is 5.97 Å². The highest BCUT2D eigenvalue weighted by Gasteiger charge is 2.43. The molecule has 0 radical (unpaired) electrons. The van der Waals surface area contributed by atoms with Crippen LogP contribution in [-0.4, -0.2) is 35.1 Å². The van der Waals surface area contributed by atoms with Crippen LogP contribution in [0.15, 0.2) is 0 Å². The van der Waals surface area contributed by atoms with E-state index in [1.165, 1.54) is 25.9 Å². The van der Waals surface area contributed by atoms with Crippen LogP contribution >= 0.6 is 0 Å². The summed E-state index contributed by atoms with van der Waals surface area (Å²) in [6, 6.07) is 0.664. The van der Waals surface area contributed by atoms with Crippen molar-refractivity contribution in [2.24, 2.45) is 11.3 Å². The molecule has 3 heteroatoms. The zero-order valence-corrected chi connectivity index (χ0v) is 11.1. The second kappa shape index (κ2) is 4.97. The summed E-state index contributed by atoms with van der Waals surface area (Å²) >= 11 is 0. The van der Waals surface area contributed by atoms with Crippen molar-refractivity contribution in [1.29, 1.82) is 0 Å². The zero-order chi connectivity index (χ0) is 12.5. The molecule has 1 N–H and O–H groups in total. The van der Waals surface area contributed by atoms with E-state index in [-0.39, 0.29) is 5.92 Å². The van der Waals surface area contributed by atoms with Crippen LogP contribution in [0.5, 0.6) is 0 Å². The van der Waals surface area contributed by atoms with Crippen molar-refractivity contribution in [2.45, 2.75) is 58.4 Å². The maximum absolute atomic E-state index is 10.9. The van der Waals surface area contributed by atoms with Gasteiger partial charge in [-0.3, -0.25) is 9.69 Å². The van der Waals surface area contributed by atoms with E-state index in [0.29, 0.717) is 11.5 Å². The molecular formula is C14H25NO2. The van der Waals surface area contributed by atoms with Crippen LogP contribution in [0.2, 0.25) is 0 Å². The molecule has 1 saturated heterocycles. The highest BCUT2D eigenvalue weighted by Crippen LogP contribution is 2.41. The number of nitrogens with zero attached hydrogens (tertiary/aromatic N) is 1. The van der Waals surface area contributed by atoms with Gasteiger partial charge in [0.15, 0.2) is 0 Å². The fourth-order valence-electron chi connectivity index (χ4n) is 3.46. The first-order chi connectivity index (χ1) is 8.10. The molecule has 2 aliphatic rings. The van der Waals surface area contributed by atoms with E-state index in [1.807, 2.05) is 0 Å². The van der Waals surface area contributed by atoms with E-state index in [4.69, 9.17) is 5.11 Å². The Hall–Kier alpha value is -0.570. The standard InChI is InChI=1S/C14H25NO2/c1-3-14(4-2)9-15(10-14)12-7-5-11(6-8-12)13(16)17/h11-12H,3-10H2,1-2H3,(H,16,17). The summed E-state index contributed by atoms with van der Waals surface area (Å²) in [6.07, 6.45) is 6.49. The molecule has 0 aromatic heterocycles. The fourth-order valence-corrected chi connectivity index (χ4v) is 3.46. The number of carboxylic acids is 1. The van der Waals surface area contributed by atoms with Crippen LogP contribution in [0.25, 0.3) is 0 Å². The van der Waals surface area contributed by atoms with Gasteiger partial charge < -0.3 is 5.11 Å². The molecule has 0 bridgehead atoms. The van der Waals surface area contributed by atoms with Gasteiger partial charge >= 0.3 is 5.97 Å². The van der Waals surface area contributed by atoms with Crippen LogP contribution in [-0.2, 0) is 4.79 Å². The maximum Gasteiger partial charge on any atom is 0.306 e. The number of rotatable bonds is 4. The molecule has 1 heterocycles.